The maximum atomic E-state index is 14.2. The third kappa shape index (κ3) is 7.15. The Balaban J connectivity index is 1.24. The van der Waals surface area contributed by atoms with Gasteiger partial charge in [0.05, 0.1) is 36.4 Å². The first kappa shape index (κ1) is 34.6. The molecule has 2 aliphatic heterocycles. The van der Waals surface area contributed by atoms with Gasteiger partial charge in [-0.25, -0.2) is 9.00 Å². The van der Waals surface area contributed by atoms with Gasteiger partial charge in [0, 0.05) is 49.4 Å². The second kappa shape index (κ2) is 14.4. The van der Waals surface area contributed by atoms with Crippen molar-refractivity contribution < 1.29 is 23.3 Å². The molecular formula is C37H45ClN6O5S. The standard InChI is InChI=1S/C37H45ClN6O5S/c1-43-29(15-17-40-43)21-39-36(46)42-50(47)18-5-3-4-8-33(48-2)30-12-9-27(30)22-44-23-37(16-6-7-25-19-28(38)11-13-31(25)37)24-49-34-14-10-26(20-32(34)44)35(45)41-50/h4,8,10-11,13-15,17,19-20,27,30,33H,3,5-7,9,12,16,18,21-24H2,1-2H3,(H2,39,41,42,45,46,47)/b8-4+/t27-,30+,33-,37-,50?/m0/s1. The molecule has 1 fully saturated rings. The molecule has 3 amide bonds. The summed E-state index contributed by atoms with van der Waals surface area (Å²) < 4.78 is 35.2. The van der Waals surface area contributed by atoms with Crippen molar-refractivity contribution in [3.63, 3.8) is 0 Å². The molecule has 7 rings (SSSR count). The molecule has 1 spiro atoms. The van der Waals surface area contributed by atoms with Gasteiger partial charge in [0.2, 0.25) is 0 Å². The van der Waals surface area contributed by atoms with Crippen LogP contribution in [-0.4, -0.2) is 64.6 Å². The number of aromatic nitrogens is 2. The molecule has 266 valence electrons. The molecule has 13 heteroatoms. The highest BCUT2D eigenvalue weighted by molar-refractivity contribution is 7.92. The topological polar surface area (TPSA) is 127 Å². The molecule has 0 radical (unpaired) electrons. The fraction of sp³-hybridized carbons (Fsp3) is 0.486. The lowest BCUT2D eigenvalue weighted by Gasteiger charge is -2.46. The molecule has 1 saturated carbocycles. The molecule has 0 saturated heterocycles. The zero-order valence-corrected chi connectivity index (χ0v) is 30.2. The third-order valence-corrected chi connectivity index (χ3v) is 12.9. The Hall–Kier alpha value is -3.87. The predicted octanol–water partition coefficient (Wildman–Crippen LogP) is 5.96. The first-order valence-corrected chi connectivity index (χ1v) is 19.5. The molecule has 2 bridgehead atoms. The van der Waals surface area contributed by atoms with E-state index in [2.05, 4.69) is 48.7 Å². The van der Waals surface area contributed by atoms with Crippen LogP contribution in [0.2, 0.25) is 5.02 Å². The first-order chi connectivity index (χ1) is 24.1. The van der Waals surface area contributed by atoms with E-state index in [1.165, 1.54) is 11.1 Å². The average molecular weight is 721 g/mol. The number of nitrogens with zero attached hydrogens (tertiary/aromatic N) is 4. The minimum Gasteiger partial charge on any atom is -0.490 e. The number of hydrogen-bond donors (Lipinski definition) is 2. The number of carbonyl (C=O) groups is 2. The molecule has 1 unspecified atom stereocenters. The number of ether oxygens (including phenoxy) is 2. The normalized spacial score (nSPS) is 28.6. The summed E-state index contributed by atoms with van der Waals surface area (Å²) in [5, 5.41) is 7.57. The predicted molar refractivity (Wildman–Crippen MR) is 194 cm³/mol. The van der Waals surface area contributed by atoms with E-state index in [4.69, 9.17) is 21.1 Å². The van der Waals surface area contributed by atoms with Gasteiger partial charge in [-0.15, -0.1) is 4.36 Å². The monoisotopic (exact) mass is 720 g/mol. The lowest BCUT2D eigenvalue weighted by molar-refractivity contribution is 0.0132. The summed E-state index contributed by atoms with van der Waals surface area (Å²) in [7, 11) is 0.0567. The van der Waals surface area contributed by atoms with Crippen LogP contribution in [0.4, 0.5) is 10.5 Å². The molecular weight excluding hydrogens is 676 g/mol. The zero-order chi connectivity index (χ0) is 34.9. The number of fused-ring (bicyclic) bond motifs is 4. The number of hydrogen-bond acceptors (Lipinski definition) is 7. The highest BCUT2D eigenvalue weighted by Crippen LogP contribution is 2.47. The molecule has 5 atom stereocenters. The van der Waals surface area contributed by atoms with E-state index >= 15 is 0 Å². The maximum absolute atomic E-state index is 14.2. The van der Waals surface area contributed by atoms with Crippen molar-refractivity contribution in [2.75, 3.05) is 37.5 Å². The summed E-state index contributed by atoms with van der Waals surface area (Å²) in [6, 6.07) is 12.7. The number of methoxy groups -OCH3 is 1. The van der Waals surface area contributed by atoms with Crippen LogP contribution in [0.1, 0.15) is 65.7 Å². The third-order valence-electron chi connectivity index (χ3n) is 10.9. The largest absolute Gasteiger partial charge is 0.490 e. The van der Waals surface area contributed by atoms with Crippen LogP contribution in [0.15, 0.2) is 65.2 Å². The summed E-state index contributed by atoms with van der Waals surface area (Å²) in [6.45, 7) is 2.18. The van der Waals surface area contributed by atoms with Crippen molar-refractivity contribution in [1.82, 2.24) is 19.8 Å². The van der Waals surface area contributed by atoms with Crippen molar-refractivity contribution in [2.24, 2.45) is 23.2 Å². The van der Waals surface area contributed by atoms with Crippen molar-refractivity contribution in [1.29, 1.82) is 0 Å². The van der Waals surface area contributed by atoms with Gasteiger partial charge in [-0.2, -0.15) is 5.10 Å². The van der Waals surface area contributed by atoms with E-state index in [1.54, 1.807) is 37.2 Å². The Labute approximate surface area is 299 Å². The minimum absolute atomic E-state index is 0.0119. The van der Waals surface area contributed by atoms with Crippen LogP contribution in [0.5, 0.6) is 5.75 Å². The summed E-state index contributed by atoms with van der Waals surface area (Å²) in [5.41, 5.74) is 4.16. The molecule has 3 heterocycles. The van der Waals surface area contributed by atoms with Crippen molar-refractivity contribution in [3.05, 3.63) is 88.2 Å². The number of halogens is 1. The fourth-order valence-corrected chi connectivity index (χ4v) is 9.77. The van der Waals surface area contributed by atoms with E-state index < -0.39 is 21.9 Å². The number of anilines is 1. The Kier molecular flexibility index (Phi) is 9.96. The molecule has 1 aromatic heterocycles. The van der Waals surface area contributed by atoms with E-state index in [9.17, 15) is 13.8 Å². The van der Waals surface area contributed by atoms with E-state index in [0.717, 1.165) is 61.6 Å². The molecule has 11 nitrogen and oxygen atoms in total. The number of allylic oxidation sites excluding steroid dienone is 1. The van der Waals surface area contributed by atoms with Gasteiger partial charge in [0.25, 0.3) is 5.91 Å². The zero-order valence-electron chi connectivity index (χ0n) is 28.6. The molecule has 50 heavy (non-hydrogen) atoms. The van der Waals surface area contributed by atoms with Gasteiger partial charge in [-0.1, -0.05) is 29.8 Å². The second-order valence-corrected chi connectivity index (χ2v) is 16.5. The van der Waals surface area contributed by atoms with Crippen LogP contribution in [-0.2, 0) is 40.1 Å². The number of amides is 3. The Morgan fingerprint density at radius 3 is 2.84 bits per heavy atom. The highest BCUT2D eigenvalue weighted by Gasteiger charge is 2.44. The van der Waals surface area contributed by atoms with Crippen LogP contribution in [0.3, 0.4) is 0 Å². The number of urea groups is 1. The van der Waals surface area contributed by atoms with E-state index in [1.807, 2.05) is 18.2 Å². The molecule has 2 aromatic carbocycles. The van der Waals surface area contributed by atoms with Gasteiger partial charge in [-0.05, 0) is 104 Å². The van der Waals surface area contributed by atoms with Crippen LogP contribution < -0.4 is 19.7 Å². The van der Waals surface area contributed by atoms with Crippen LogP contribution in [0, 0.1) is 11.8 Å². The van der Waals surface area contributed by atoms with Crippen molar-refractivity contribution >= 4 is 39.1 Å². The SMILES string of the molecule is CO[C@H]1/C=C/CCCS(=O)(NC(=O)NCc2ccnn2C)=NC(=O)c2ccc3c(c2)N(C[C@@H]2CC[C@H]21)C[C@@]1(CCCc2cc(Cl)ccc21)CO3. The van der Waals surface area contributed by atoms with Gasteiger partial charge >= 0.3 is 6.03 Å². The van der Waals surface area contributed by atoms with E-state index in [0.29, 0.717) is 42.6 Å². The lowest BCUT2D eigenvalue weighted by Crippen LogP contribution is -2.49. The Morgan fingerprint density at radius 1 is 1.18 bits per heavy atom. The number of nitrogens with one attached hydrogen (secondary N) is 2. The molecule has 4 aliphatic rings. The fourth-order valence-electron chi connectivity index (χ4n) is 8.04. The summed E-state index contributed by atoms with van der Waals surface area (Å²) in [4.78, 5) is 29.2. The number of benzene rings is 2. The second-order valence-electron chi connectivity index (χ2n) is 14.0. The summed E-state index contributed by atoms with van der Waals surface area (Å²) >= 11 is 6.45. The number of aryl methyl sites for hydroxylation is 2. The Morgan fingerprint density at radius 2 is 2.06 bits per heavy atom. The first-order valence-electron chi connectivity index (χ1n) is 17.5. The summed E-state index contributed by atoms with van der Waals surface area (Å²) in [5.74, 6) is 0.806. The van der Waals surface area contributed by atoms with Gasteiger partial charge in [0.15, 0.2) is 0 Å². The van der Waals surface area contributed by atoms with Gasteiger partial charge in [0.1, 0.15) is 15.7 Å². The smallest absolute Gasteiger partial charge is 0.327 e. The highest BCUT2D eigenvalue weighted by atomic mass is 35.5. The minimum atomic E-state index is -3.47. The molecule has 2 aliphatic carbocycles. The van der Waals surface area contributed by atoms with Crippen LogP contribution >= 0.6 is 11.6 Å². The van der Waals surface area contributed by atoms with Crippen molar-refractivity contribution in [3.8, 4) is 5.75 Å². The van der Waals surface area contributed by atoms with Crippen molar-refractivity contribution in [2.45, 2.75) is 63.0 Å². The molecule has 3 aromatic rings. The number of rotatable bonds is 4. The van der Waals surface area contributed by atoms with Crippen LogP contribution in [0.25, 0.3) is 0 Å². The maximum Gasteiger partial charge on any atom is 0.327 e. The average Bonchev–Trinajstić information content (AvgIpc) is 3.43. The quantitative estimate of drug-likeness (QED) is 0.319. The molecule has 2 N–H and O–H groups in total. The number of carbonyl (C=O) groups excluding carboxylic acids is 2. The van der Waals surface area contributed by atoms with Gasteiger partial charge < -0.3 is 19.7 Å². The lowest BCUT2D eigenvalue weighted by atomic mass is 9.68. The Bertz CT molecular complexity index is 1920. The summed E-state index contributed by atoms with van der Waals surface area (Å²) in [6.07, 6.45) is 12.0. The van der Waals surface area contributed by atoms with E-state index in [-0.39, 0.29) is 23.8 Å². The van der Waals surface area contributed by atoms with Gasteiger partial charge in [-0.3, -0.25) is 14.2 Å².